The molecule has 2 N–H and O–H groups in total. The molecule has 0 aliphatic carbocycles. The minimum Gasteiger partial charge on any atom is -0.481 e. The van der Waals surface area contributed by atoms with Gasteiger partial charge in [0.2, 0.25) is 0 Å². The number of aliphatic carboxylic acids is 1. The quantitative estimate of drug-likeness (QED) is 0.863. The molecule has 0 saturated carbocycles. The largest absolute Gasteiger partial charge is 0.481 e. The van der Waals surface area contributed by atoms with Gasteiger partial charge in [-0.05, 0) is 25.0 Å². The van der Waals surface area contributed by atoms with Crippen LogP contribution in [0.1, 0.15) is 30.8 Å². The summed E-state index contributed by atoms with van der Waals surface area (Å²) < 4.78 is 0. The Morgan fingerprint density at radius 2 is 1.89 bits per heavy atom. The van der Waals surface area contributed by atoms with Crippen LogP contribution in [0.5, 0.6) is 0 Å². The molecular weight excluding hydrogens is 242 g/mol. The summed E-state index contributed by atoms with van der Waals surface area (Å²) in [7, 11) is 0. The van der Waals surface area contributed by atoms with Crippen LogP contribution in [-0.4, -0.2) is 26.0 Å². The van der Waals surface area contributed by atoms with Crippen LogP contribution >= 0.6 is 0 Å². The zero-order valence-electron chi connectivity index (χ0n) is 11.1. The van der Waals surface area contributed by atoms with Gasteiger partial charge in [-0.15, -0.1) is 0 Å². The van der Waals surface area contributed by atoms with Gasteiger partial charge >= 0.3 is 5.97 Å². The number of aromatic nitrogens is 3. The molecule has 2 aromatic heterocycles. The van der Waals surface area contributed by atoms with E-state index in [9.17, 15) is 4.79 Å². The molecule has 0 unspecified atom stereocenters. The summed E-state index contributed by atoms with van der Waals surface area (Å²) in [6, 6.07) is 3.80. The van der Waals surface area contributed by atoms with E-state index in [1.165, 1.54) is 0 Å². The highest BCUT2D eigenvalue weighted by molar-refractivity contribution is 5.71. The molecule has 19 heavy (non-hydrogen) atoms. The molecule has 0 atom stereocenters. The average Bonchev–Trinajstić information content (AvgIpc) is 2.92. The van der Waals surface area contributed by atoms with Crippen molar-refractivity contribution in [2.45, 2.75) is 33.1 Å². The number of hydrogen-bond donors (Lipinski definition) is 2. The predicted octanol–water partition coefficient (Wildman–Crippen LogP) is 2.22. The van der Waals surface area contributed by atoms with Crippen molar-refractivity contribution in [1.82, 2.24) is 15.0 Å². The Morgan fingerprint density at radius 3 is 2.32 bits per heavy atom. The van der Waals surface area contributed by atoms with Crippen LogP contribution in [0.15, 0.2) is 18.3 Å². The Kier molecular flexibility index (Phi) is 3.94. The van der Waals surface area contributed by atoms with Crippen molar-refractivity contribution in [3.63, 3.8) is 0 Å². The van der Waals surface area contributed by atoms with Gasteiger partial charge in [-0.25, -0.2) is 9.97 Å². The van der Waals surface area contributed by atoms with Crippen molar-refractivity contribution < 1.29 is 9.90 Å². The van der Waals surface area contributed by atoms with Crippen molar-refractivity contribution >= 4 is 5.97 Å². The first-order valence-corrected chi connectivity index (χ1v) is 6.39. The SMILES string of the molecule is CCc1nc(-c2ccc[nH]2)nc(CC)c1CC(=O)O. The summed E-state index contributed by atoms with van der Waals surface area (Å²) >= 11 is 0. The second-order valence-electron chi connectivity index (χ2n) is 4.28. The Bertz CT molecular complexity index is 551. The summed E-state index contributed by atoms with van der Waals surface area (Å²) in [6.07, 6.45) is 3.20. The maximum Gasteiger partial charge on any atom is 0.307 e. The van der Waals surface area contributed by atoms with E-state index in [-0.39, 0.29) is 6.42 Å². The minimum absolute atomic E-state index is 0.0165. The number of carbonyl (C=O) groups is 1. The second-order valence-corrected chi connectivity index (χ2v) is 4.28. The zero-order chi connectivity index (χ0) is 13.8. The number of hydrogen-bond acceptors (Lipinski definition) is 3. The van der Waals surface area contributed by atoms with Crippen LogP contribution in [0.2, 0.25) is 0 Å². The lowest BCUT2D eigenvalue weighted by atomic mass is 10.0. The molecule has 0 saturated heterocycles. The normalized spacial score (nSPS) is 10.6. The number of nitrogens with zero attached hydrogens (tertiary/aromatic N) is 2. The fraction of sp³-hybridized carbons (Fsp3) is 0.357. The van der Waals surface area contributed by atoms with Crippen LogP contribution in [0.3, 0.4) is 0 Å². The minimum atomic E-state index is -0.847. The van der Waals surface area contributed by atoms with Gasteiger partial charge in [0.15, 0.2) is 5.82 Å². The van der Waals surface area contributed by atoms with Crippen LogP contribution < -0.4 is 0 Å². The van der Waals surface area contributed by atoms with E-state index >= 15 is 0 Å². The molecule has 0 aliphatic heterocycles. The highest BCUT2D eigenvalue weighted by Gasteiger charge is 2.16. The summed E-state index contributed by atoms with van der Waals surface area (Å²) in [5, 5.41) is 9.00. The predicted molar refractivity (Wildman–Crippen MR) is 71.9 cm³/mol. The van der Waals surface area contributed by atoms with Crippen molar-refractivity contribution in [2.24, 2.45) is 0 Å². The molecule has 100 valence electrons. The fourth-order valence-electron chi connectivity index (χ4n) is 2.11. The van der Waals surface area contributed by atoms with Crippen LogP contribution in [0.4, 0.5) is 0 Å². The Hall–Kier alpha value is -2.17. The van der Waals surface area contributed by atoms with E-state index < -0.39 is 5.97 Å². The maximum absolute atomic E-state index is 11.0. The van der Waals surface area contributed by atoms with Gasteiger partial charge in [-0.3, -0.25) is 4.79 Å². The Morgan fingerprint density at radius 1 is 1.26 bits per heavy atom. The number of carboxylic acids is 1. The van der Waals surface area contributed by atoms with E-state index in [1.54, 1.807) is 0 Å². The third-order valence-electron chi connectivity index (χ3n) is 3.02. The van der Waals surface area contributed by atoms with Gasteiger partial charge in [0.1, 0.15) is 0 Å². The smallest absolute Gasteiger partial charge is 0.307 e. The van der Waals surface area contributed by atoms with Crippen molar-refractivity contribution in [3.8, 4) is 11.5 Å². The van der Waals surface area contributed by atoms with Gasteiger partial charge in [-0.2, -0.15) is 0 Å². The first kappa shape index (κ1) is 13.3. The highest BCUT2D eigenvalue weighted by atomic mass is 16.4. The van der Waals surface area contributed by atoms with E-state index in [0.29, 0.717) is 18.7 Å². The molecular formula is C14H17N3O2. The molecule has 0 aliphatic rings. The first-order valence-electron chi connectivity index (χ1n) is 6.39. The third-order valence-corrected chi connectivity index (χ3v) is 3.02. The lowest BCUT2D eigenvalue weighted by Crippen LogP contribution is -2.11. The van der Waals surface area contributed by atoms with Crippen molar-refractivity contribution in [3.05, 3.63) is 35.3 Å². The fourth-order valence-corrected chi connectivity index (χ4v) is 2.11. The molecule has 5 heteroatoms. The standard InChI is InChI=1S/C14H17N3O2/c1-3-10-9(8-13(18)19)11(4-2)17-14(16-10)12-6-5-7-15-12/h5-7,15H,3-4,8H2,1-2H3,(H,18,19). The zero-order valence-corrected chi connectivity index (χ0v) is 11.1. The number of rotatable bonds is 5. The van der Waals surface area contributed by atoms with Gasteiger partial charge in [0.25, 0.3) is 0 Å². The molecule has 2 heterocycles. The molecule has 0 fully saturated rings. The third kappa shape index (κ3) is 2.81. The molecule has 0 aromatic carbocycles. The Balaban J connectivity index is 2.54. The van der Waals surface area contributed by atoms with E-state index in [2.05, 4.69) is 15.0 Å². The highest BCUT2D eigenvalue weighted by Crippen LogP contribution is 2.19. The van der Waals surface area contributed by atoms with Crippen LogP contribution in [0.25, 0.3) is 11.5 Å². The lowest BCUT2D eigenvalue weighted by Gasteiger charge is -2.11. The monoisotopic (exact) mass is 259 g/mol. The number of aromatic amines is 1. The number of carboxylic acid groups (broad SMARTS) is 1. The molecule has 0 amide bonds. The molecule has 0 bridgehead atoms. The molecule has 0 spiro atoms. The van der Waals surface area contributed by atoms with Gasteiger partial charge in [-0.1, -0.05) is 13.8 Å². The maximum atomic E-state index is 11.0. The number of H-pyrrole nitrogens is 1. The average molecular weight is 259 g/mol. The van der Waals surface area contributed by atoms with E-state index in [1.807, 2.05) is 32.2 Å². The van der Waals surface area contributed by atoms with Crippen molar-refractivity contribution in [2.75, 3.05) is 0 Å². The molecule has 2 aromatic rings. The summed E-state index contributed by atoms with van der Waals surface area (Å²) in [5.41, 5.74) is 3.25. The second kappa shape index (κ2) is 5.65. The summed E-state index contributed by atoms with van der Waals surface area (Å²) in [4.78, 5) is 23.0. The van der Waals surface area contributed by atoms with Gasteiger partial charge in [0, 0.05) is 23.1 Å². The van der Waals surface area contributed by atoms with Crippen LogP contribution in [-0.2, 0) is 24.1 Å². The Labute approximate surface area is 111 Å². The number of aryl methyl sites for hydroxylation is 2. The summed E-state index contributed by atoms with van der Waals surface area (Å²) in [5.74, 6) is -0.214. The van der Waals surface area contributed by atoms with Gasteiger partial charge < -0.3 is 10.1 Å². The first-order chi connectivity index (χ1) is 9.15. The van der Waals surface area contributed by atoms with Gasteiger partial charge in [0.05, 0.1) is 12.1 Å². The molecule has 0 radical (unpaired) electrons. The van der Waals surface area contributed by atoms with E-state index in [0.717, 1.165) is 22.6 Å². The van der Waals surface area contributed by atoms with Crippen molar-refractivity contribution in [1.29, 1.82) is 0 Å². The molecule has 5 nitrogen and oxygen atoms in total. The molecule has 2 rings (SSSR count). The number of nitrogens with one attached hydrogen (secondary N) is 1. The van der Waals surface area contributed by atoms with E-state index in [4.69, 9.17) is 5.11 Å². The topological polar surface area (TPSA) is 78.9 Å². The van der Waals surface area contributed by atoms with Crippen LogP contribution in [0, 0.1) is 0 Å². The summed E-state index contributed by atoms with van der Waals surface area (Å²) in [6.45, 7) is 3.96. The lowest BCUT2D eigenvalue weighted by molar-refractivity contribution is -0.136.